The van der Waals surface area contributed by atoms with Crippen LogP contribution < -0.4 is 20.1 Å². The van der Waals surface area contributed by atoms with Gasteiger partial charge < -0.3 is 25.2 Å². The third-order valence-corrected chi connectivity index (χ3v) is 3.76. The average Bonchev–Trinajstić information content (AvgIpc) is 2.92. The standard InChI is InChI=1S/C15H22N2O4/c1-20-12-7-5-6-11(13(12)21-2)17-14(18)16-10-15(19)8-3-4-9-15/h5-7,19H,3-4,8-10H2,1-2H3,(H2,16,17,18). The minimum absolute atomic E-state index is 0.255. The van der Waals surface area contributed by atoms with E-state index in [2.05, 4.69) is 10.6 Å². The van der Waals surface area contributed by atoms with Crippen molar-refractivity contribution >= 4 is 11.7 Å². The van der Waals surface area contributed by atoms with Crippen molar-refractivity contribution in [1.82, 2.24) is 5.32 Å². The Hall–Kier alpha value is -1.95. The molecule has 116 valence electrons. The lowest BCUT2D eigenvalue weighted by Gasteiger charge is -2.22. The first kappa shape index (κ1) is 15.4. The highest BCUT2D eigenvalue weighted by Crippen LogP contribution is 2.34. The van der Waals surface area contributed by atoms with E-state index >= 15 is 0 Å². The van der Waals surface area contributed by atoms with Gasteiger partial charge in [-0.1, -0.05) is 18.9 Å². The second-order valence-corrected chi connectivity index (χ2v) is 5.28. The zero-order valence-corrected chi connectivity index (χ0v) is 12.4. The summed E-state index contributed by atoms with van der Waals surface area (Å²) in [5.74, 6) is 1.01. The summed E-state index contributed by atoms with van der Waals surface area (Å²) in [5, 5.41) is 15.6. The third-order valence-electron chi connectivity index (χ3n) is 3.76. The predicted octanol–water partition coefficient (Wildman–Crippen LogP) is 2.13. The van der Waals surface area contributed by atoms with Crippen LogP contribution in [0, 0.1) is 0 Å². The summed E-state index contributed by atoms with van der Waals surface area (Å²) in [5.41, 5.74) is -0.247. The van der Waals surface area contributed by atoms with Crippen LogP contribution in [-0.2, 0) is 0 Å². The van der Waals surface area contributed by atoms with Crippen LogP contribution in [0.3, 0.4) is 0 Å². The molecule has 0 radical (unpaired) electrons. The molecule has 6 heteroatoms. The number of ether oxygens (including phenoxy) is 2. The second kappa shape index (κ2) is 6.67. The minimum Gasteiger partial charge on any atom is -0.493 e. The lowest BCUT2D eigenvalue weighted by atomic mass is 10.0. The van der Waals surface area contributed by atoms with Crippen molar-refractivity contribution in [2.75, 3.05) is 26.1 Å². The Morgan fingerprint density at radius 2 is 2.00 bits per heavy atom. The third kappa shape index (κ3) is 3.78. The fraction of sp³-hybridized carbons (Fsp3) is 0.533. The number of rotatable bonds is 5. The summed E-state index contributed by atoms with van der Waals surface area (Å²) >= 11 is 0. The maximum atomic E-state index is 11.9. The van der Waals surface area contributed by atoms with Crippen LogP contribution in [0.4, 0.5) is 10.5 Å². The molecule has 2 amide bonds. The molecular weight excluding hydrogens is 272 g/mol. The number of hydrogen-bond acceptors (Lipinski definition) is 4. The molecule has 1 fully saturated rings. The van der Waals surface area contributed by atoms with Gasteiger partial charge in [-0.05, 0) is 25.0 Å². The van der Waals surface area contributed by atoms with Crippen LogP contribution in [0.5, 0.6) is 11.5 Å². The fourth-order valence-corrected chi connectivity index (χ4v) is 2.61. The number of amides is 2. The number of nitrogens with one attached hydrogen (secondary N) is 2. The number of anilines is 1. The molecule has 0 aromatic heterocycles. The molecule has 1 aliphatic rings. The SMILES string of the molecule is COc1cccc(NC(=O)NCC2(O)CCCC2)c1OC. The van der Waals surface area contributed by atoms with Crippen molar-refractivity contribution in [2.45, 2.75) is 31.3 Å². The number of carbonyl (C=O) groups is 1. The Morgan fingerprint density at radius 3 is 2.62 bits per heavy atom. The van der Waals surface area contributed by atoms with Crippen molar-refractivity contribution in [2.24, 2.45) is 0 Å². The minimum atomic E-state index is -0.768. The summed E-state index contributed by atoms with van der Waals surface area (Å²) in [4.78, 5) is 11.9. The topological polar surface area (TPSA) is 79.8 Å². The predicted molar refractivity (Wildman–Crippen MR) is 80.0 cm³/mol. The lowest BCUT2D eigenvalue weighted by Crippen LogP contribution is -2.42. The quantitative estimate of drug-likeness (QED) is 0.777. The first-order chi connectivity index (χ1) is 10.1. The fourth-order valence-electron chi connectivity index (χ4n) is 2.61. The summed E-state index contributed by atoms with van der Waals surface area (Å²) in [6, 6.07) is 4.87. The van der Waals surface area contributed by atoms with E-state index in [1.54, 1.807) is 18.2 Å². The maximum absolute atomic E-state index is 11.9. The number of hydrogen-bond donors (Lipinski definition) is 3. The summed E-state index contributed by atoms with van der Waals surface area (Å²) in [6.45, 7) is 0.255. The van der Waals surface area contributed by atoms with Crippen LogP contribution in [0.25, 0.3) is 0 Å². The number of para-hydroxylation sites is 1. The Balaban J connectivity index is 1.96. The van der Waals surface area contributed by atoms with Crippen molar-refractivity contribution in [3.05, 3.63) is 18.2 Å². The molecule has 1 saturated carbocycles. The molecule has 0 bridgehead atoms. The van der Waals surface area contributed by atoms with E-state index in [-0.39, 0.29) is 12.6 Å². The van der Waals surface area contributed by atoms with Crippen LogP contribution in [-0.4, -0.2) is 37.5 Å². The monoisotopic (exact) mass is 294 g/mol. The summed E-state index contributed by atoms with van der Waals surface area (Å²) in [7, 11) is 3.06. The first-order valence-electron chi connectivity index (χ1n) is 7.06. The van der Waals surface area contributed by atoms with Crippen LogP contribution in [0.15, 0.2) is 18.2 Å². The highest BCUT2D eigenvalue weighted by atomic mass is 16.5. The van der Waals surface area contributed by atoms with Gasteiger partial charge in [-0.3, -0.25) is 0 Å². The van der Waals surface area contributed by atoms with Gasteiger partial charge in [0.2, 0.25) is 0 Å². The number of benzene rings is 1. The van der Waals surface area contributed by atoms with Crippen LogP contribution >= 0.6 is 0 Å². The van der Waals surface area contributed by atoms with Crippen LogP contribution in [0.1, 0.15) is 25.7 Å². The molecule has 3 N–H and O–H groups in total. The van der Waals surface area contributed by atoms with Crippen molar-refractivity contribution < 1.29 is 19.4 Å². The summed E-state index contributed by atoms with van der Waals surface area (Å²) < 4.78 is 10.4. The Kier molecular flexibility index (Phi) is 4.90. The summed E-state index contributed by atoms with van der Waals surface area (Å²) in [6.07, 6.45) is 3.47. The molecule has 0 saturated heterocycles. The van der Waals surface area contributed by atoms with Gasteiger partial charge in [0, 0.05) is 6.54 Å². The van der Waals surface area contributed by atoms with E-state index in [1.807, 2.05) is 0 Å². The van der Waals surface area contributed by atoms with Gasteiger partial charge in [0.05, 0.1) is 25.5 Å². The molecule has 1 aromatic rings. The van der Waals surface area contributed by atoms with E-state index in [0.717, 1.165) is 25.7 Å². The molecule has 0 spiro atoms. The number of carbonyl (C=O) groups excluding carboxylic acids is 1. The zero-order chi connectivity index (χ0) is 15.3. The Bertz CT molecular complexity index is 498. The van der Waals surface area contributed by atoms with Crippen molar-refractivity contribution in [1.29, 1.82) is 0 Å². The van der Waals surface area contributed by atoms with Gasteiger partial charge in [-0.2, -0.15) is 0 Å². The molecule has 0 atom stereocenters. The smallest absolute Gasteiger partial charge is 0.319 e. The maximum Gasteiger partial charge on any atom is 0.319 e. The first-order valence-corrected chi connectivity index (χ1v) is 7.06. The lowest BCUT2D eigenvalue weighted by molar-refractivity contribution is 0.0506. The molecule has 21 heavy (non-hydrogen) atoms. The normalized spacial score (nSPS) is 16.3. The Morgan fingerprint density at radius 1 is 1.29 bits per heavy atom. The van der Waals surface area contributed by atoms with Gasteiger partial charge in [0.25, 0.3) is 0 Å². The van der Waals surface area contributed by atoms with Crippen LogP contribution in [0.2, 0.25) is 0 Å². The van der Waals surface area contributed by atoms with E-state index in [4.69, 9.17) is 9.47 Å². The molecule has 1 aromatic carbocycles. The molecule has 0 heterocycles. The van der Waals surface area contributed by atoms with E-state index < -0.39 is 5.60 Å². The number of methoxy groups -OCH3 is 2. The number of aliphatic hydroxyl groups is 1. The van der Waals surface area contributed by atoms with Gasteiger partial charge in [0.15, 0.2) is 11.5 Å². The van der Waals surface area contributed by atoms with E-state index in [1.165, 1.54) is 14.2 Å². The number of urea groups is 1. The van der Waals surface area contributed by atoms with E-state index in [9.17, 15) is 9.90 Å². The highest BCUT2D eigenvalue weighted by molar-refractivity contribution is 5.91. The molecule has 0 aliphatic heterocycles. The molecular formula is C15H22N2O4. The van der Waals surface area contributed by atoms with Gasteiger partial charge in [0.1, 0.15) is 0 Å². The Labute approximate surface area is 124 Å². The van der Waals surface area contributed by atoms with Crippen molar-refractivity contribution in [3.63, 3.8) is 0 Å². The van der Waals surface area contributed by atoms with E-state index in [0.29, 0.717) is 17.2 Å². The largest absolute Gasteiger partial charge is 0.493 e. The van der Waals surface area contributed by atoms with Gasteiger partial charge >= 0.3 is 6.03 Å². The average molecular weight is 294 g/mol. The second-order valence-electron chi connectivity index (χ2n) is 5.28. The van der Waals surface area contributed by atoms with Gasteiger partial charge in [-0.25, -0.2) is 4.79 Å². The molecule has 2 rings (SSSR count). The molecule has 0 unspecified atom stereocenters. The molecule has 6 nitrogen and oxygen atoms in total. The molecule has 1 aliphatic carbocycles. The zero-order valence-electron chi connectivity index (χ0n) is 12.4. The van der Waals surface area contributed by atoms with Crippen molar-refractivity contribution in [3.8, 4) is 11.5 Å². The van der Waals surface area contributed by atoms with Gasteiger partial charge in [-0.15, -0.1) is 0 Å². The highest BCUT2D eigenvalue weighted by Gasteiger charge is 2.31.